The first-order valence-electron chi connectivity index (χ1n) is 4.73. The maximum atomic E-state index is 11.0. The molecular formula is C12H12O4. The van der Waals surface area contributed by atoms with E-state index in [1.807, 2.05) is 0 Å². The highest BCUT2D eigenvalue weighted by atomic mass is 16.5. The lowest BCUT2D eigenvalue weighted by Crippen LogP contribution is -2.13. The van der Waals surface area contributed by atoms with Crippen LogP contribution in [0.4, 0.5) is 0 Å². The zero-order valence-electron chi connectivity index (χ0n) is 8.63. The minimum absolute atomic E-state index is 0.260. The molecule has 4 heteroatoms. The normalized spacial score (nSPS) is 11.5. The Labute approximate surface area is 93.2 Å². The highest BCUT2D eigenvalue weighted by Gasteiger charge is 2.18. The van der Waals surface area contributed by atoms with Gasteiger partial charge in [0.05, 0.1) is 6.42 Å². The molecule has 0 amide bonds. The molecule has 0 fully saturated rings. The van der Waals surface area contributed by atoms with Crippen LogP contribution in [-0.4, -0.2) is 17.0 Å². The number of carbonyl (C=O) groups is 2. The van der Waals surface area contributed by atoms with Crippen molar-refractivity contribution in [2.24, 2.45) is 0 Å². The number of carbonyl (C=O) groups excluding carboxylic acids is 1. The molecule has 4 nitrogen and oxygen atoms in total. The van der Waals surface area contributed by atoms with Crippen molar-refractivity contribution in [3.63, 3.8) is 0 Å². The van der Waals surface area contributed by atoms with Crippen molar-refractivity contribution in [2.75, 3.05) is 0 Å². The average Bonchev–Trinajstić information content (AvgIpc) is 2.28. The van der Waals surface area contributed by atoms with Crippen LogP contribution in [-0.2, 0) is 14.3 Å². The van der Waals surface area contributed by atoms with E-state index >= 15 is 0 Å². The summed E-state index contributed by atoms with van der Waals surface area (Å²) in [5.74, 6) is -1.65. The van der Waals surface area contributed by atoms with E-state index in [4.69, 9.17) is 9.84 Å². The van der Waals surface area contributed by atoms with Crippen molar-refractivity contribution < 1.29 is 19.4 Å². The summed E-state index contributed by atoms with van der Waals surface area (Å²) in [5.41, 5.74) is 0.653. The van der Waals surface area contributed by atoms with E-state index in [9.17, 15) is 9.59 Å². The maximum Gasteiger partial charge on any atom is 0.330 e. The van der Waals surface area contributed by atoms with Gasteiger partial charge in [0.2, 0.25) is 0 Å². The lowest BCUT2D eigenvalue weighted by atomic mass is 10.1. The van der Waals surface area contributed by atoms with Gasteiger partial charge in [-0.05, 0) is 5.56 Å². The number of esters is 1. The van der Waals surface area contributed by atoms with Gasteiger partial charge in [0, 0.05) is 6.08 Å². The maximum absolute atomic E-state index is 11.0. The number of aliphatic carboxylic acids is 1. The number of carboxylic acids is 1. The van der Waals surface area contributed by atoms with Crippen LogP contribution in [0.3, 0.4) is 0 Å². The molecule has 1 rings (SSSR count). The number of hydrogen-bond acceptors (Lipinski definition) is 3. The van der Waals surface area contributed by atoms with Gasteiger partial charge in [-0.15, -0.1) is 0 Å². The zero-order valence-corrected chi connectivity index (χ0v) is 8.63. The second-order valence-electron chi connectivity index (χ2n) is 3.14. The van der Waals surface area contributed by atoms with Crippen molar-refractivity contribution in [3.05, 3.63) is 48.6 Å². The fraction of sp³-hybridized carbons (Fsp3) is 0.167. The summed E-state index contributed by atoms with van der Waals surface area (Å²) in [6, 6.07) is 8.74. The SMILES string of the molecule is C=CC(=O)OC(CC(=O)O)c1ccccc1. The van der Waals surface area contributed by atoms with Crippen LogP contribution in [0.2, 0.25) is 0 Å². The number of benzene rings is 1. The van der Waals surface area contributed by atoms with Crippen molar-refractivity contribution in [2.45, 2.75) is 12.5 Å². The van der Waals surface area contributed by atoms with Gasteiger partial charge in [0.25, 0.3) is 0 Å². The van der Waals surface area contributed by atoms with Crippen LogP contribution in [0, 0.1) is 0 Å². The first-order chi connectivity index (χ1) is 7.63. The summed E-state index contributed by atoms with van der Waals surface area (Å²) in [5, 5.41) is 8.71. The van der Waals surface area contributed by atoms with Crippen LogP contribution < -0.4 is 0 Å². The van der Waals surface area contributed by atoms with E-state index in [1.165, 1.54) is 0 Å². The Morgan fingerprint density at radius 3 is 2.50 bits per heavy atom. The molecule has 0 bridgehead atoms. The van der Waals surface area contributed by atoms with Gasteiger partial charge >= 0.3 is 11.9 Å². The second-order valence-corrected chi connectivity index (χ2v) is 3.14. The number of rotatable bonds is 5. The average molecular weight is 220 g/mol. The Morgan fingerprint density at radius 2 is 2.00 bits per heavy atom. The molecule has 16 heavy (non-hydrogen) atoms. The number of hydrogen-bond donors (Lipinski definition) is 1. The first kappa shape index (κ1) is 12.0. The standard InChI is InChI=1S/C12H12O4/c1-2-12(15)16-10(8-11(13)14)9-6-4-3-5-7-9/h2-7,10H,1,8H2,(H,13,14). The Bertz CT molecular complexity index is 383. The Hall–Kier alpha value is -2.10. The van der Waals surface area contributed by atoms with Crippen LogP contribution in [0.25, 0.3) is 0 Å². The summed E-state index contributed by atoms with van der Waals surface area (Å²) in [4.78, 5) is 21.7. The topological polar surface area (TPSA) is 63.6 Å². The van der Waals surface area contributed by atoms with E-state index in [0.717, 1.165) is 6.08 Å². The highest BCUT2D eigenvalue weighted by molar-refractivity contribution is 5.81. The summed E-state index contributed by atoms with van der Waals surface area (Å²) < 4.78 is 4.96. The second kappa shape index (κ2) is 5.70. The molecule has 0 spiro atoms. The molecule has 0 aliphatic heterocycles. The fourth-order valence-corrected chi connectivity index (χ4v) is 1.24. The zero-order chi connectivity index (χ0) is 12.0. The highest BCUT2D eigenvalue weighted by Crippen LogP contribution is 2.21. The van der Waals surface area contributed by atoms with Crippen molar-refractivity contribution in [3.8, 4) is 0 Å². The summed E-state index contributed by atoms with van der Waals surface area (Å²) >= 11 is 0. The Morgan fingerprint density at radius 1 is 1.38 bits per heavy atom. The van der Waals surface area contributed by atoms with Gasteiger partial charge in [0.1, 0.15) is 6.10 Å². The van der Waals surface area contributed by atoms with Crippen LogP contribution in [0.5, 0.6) is 0 Å². The van der Waals surface area contributed by atoms with E-state index in [1.54, 1.807) is 30.3 Å². The van der Waals surface area contributed by atoms with Gasteiger partial charge in [-0.3, -0.25) is 4.79 Å². The molecule has 0 radical (unpaired) electrons. The van der Waals surface area contributed by atoms with Gasteiger partial charge < -0.3 is 9.84 Å². The lowest BCUT2D eigenvalue weighted by molar-refractivity contribution is -0.148. The quantitative estimate of drug-likeness (QED) is 0.608. The van der Waals surface area contributed by atoms with Gasteiger partial charge in [-0.2, -0.15) is 0 Å². The third-order valence-corrected chi connectivity index (χ3v) is 1.96. The predicted molar refractivity (Wildman–Crippen MR) is 57.7 cm³/mol. The molecule has 1 aromatic rings. The van der Waals surface area contributed by atoms with Gasteiger partial charge in [-0.25, -0.2) is 4.79 Å². The minimum Gasteiger partial charge on any atom is -0.481 e. The van der Waals surface area contributed by atoms with E-state index < -0.39 is 18.0 Å². The summed E-state index contributed by atoms with van der Waals surface area (Å²) in [6.07, 6.45) is -0.0225. The van der Waals surface area contributed by atoms with Crippen LogP contribution in [0.1, 0.15) is 18.1 Å². The molecule has 0 aliphatic carbocycles. The summed E-state index contributed by atoms with van der Waals surface area (Å²) in [6.45, 7) is 3.26. The third kappa shape index (κ3) is 3.57. The van der Waals surface area contributed by atoms with Crippen molar-refractivity contribution >= 4 is 11.9 Å². The molecular weight excluding hydrogens is 208 g/mol. The monoisotopic (exact) mass is 220 g/mol. The molecule has 0 aliphatic rings. The molecule has 1 aromatic carbocycles. The van der Waals surface area contributed by atoms with Gasteiger partial charge in [0.15, 0.2) is 0 Å². The predicted octanol–water partition coefficient (Wildman–Crippen LogP) is 1.93. The van der Waals surface area contributed by atoms with Crippen molar-refractivity contribution in [1.29, 1.82) is 0 Å². The number of ether oxygens (including phenoxy) is 1. The number of carboxylic acid groups (broad SMARTS) is 1. The Balaban J connectivity index is 2.83. The molecule has 84 valence electrons. The van der Waals surface area contributed by atoms with Crippen LogP contribution in [0.15, 0.2) is 43.0 Å². The van der Waals surface area contributed by atoms with Gasteiger partial charge in [-0.1, -0.05) is 36.9 Å². The minimum atomic E-state index is -1.02. The summed E-state index contributed by atoms with van der Waals surface area (Å²) in [7, 11) is 0. The van der Waals surface area contributed by atoms with E-state index in [2.05, 4.69) is 6.58 Å². The van der Waals surface area contributed by atoms with E-state index in [-0.39, 0.29) is 6.42 Å². The molecule has 1 unspecified atom stereocenters. The van der Waals surface area contributed by atoms with E-state index in [0.29, 0.717) is 5.56 Å². The molecule has 1 atom stereocenters. The Kier molecular flexibility index (Phi) is 4.27. The largest absolute Gasteiger partial charge is 0.481 e. The fourth-order valence-electron chi connectivity index (χ4n) is 1.24. The molecule has 0 saturated heterocycles. The molecule has 0 heterocycles. The molecule has 0 aromatic heterocycles. The molecule has 0 saturated carbocycles. The lowest BCUT2D eigenvalue weighted by Gasteiger charge is -2.15. The van der Waals surface area contributed by atoms with Crippen molar-refractivity contribution in [1.82, 2.24) is 0 Å². The van der Waals surface area contributed by atoms with Crippen LogP contribution >= 0.6 is 0 Å². The smallest absolute Gasteiger partial charge is 0.330 e. The first-order valence-corrected chi connectivity index (χ1v) is 4.73. The molecule has 1 N–H and O–H groups in total. The third-order valence-electron chi connectivity index (χ3n) is 1.96.